The van der Waals surface area contributed by atoms with Crippen molar-refractivity contribution in [1.82, 2.24) is 25.0 Å². The van der Waals surface area contributed by atoms with Crippen molar-refractivity contribution in [3.63, 3.8) is 0 Å². The van der Waals surface area contributed by atoms with E-state index in [1.54, 1.807) is 32.2 Å². The number of hydrogen-bond acceptors (Lipinski definition) is 7. The van der Waals surface area contributed by atoms with Gasteiger partial charge in [-0.25, -0.2) is 0 Å². The zero-order chi connectivity index (χ0) is 21.3. The highest BCUT2D eigenvalue weighted by Crippen LogP contribution is 2.39. The summed E-state index contributed by atoms with van der Waals surface area (Å²) in [5.41, 5.74) is 1.52. The van der Waals surface area contributed by atoms with Crippen molar-refractivity contribution in [2.45, 2.75) is 24.3 Å². The minimum atomic E-state index is -0.147. The number of rotatable bonds is 6. The maximum Gasteiger partial charge on any atom is 0.229 e. The molecule has 0 aliphatic carbocycles. The van der Waals surface area contributed by atoms with E-state index < -0.39 is 0 Å². The van der Waals surface area contributed by atoms with E-state index in [-0.39, 0.29) is 5.25 Å². The molecule has 2 heterocycles. The van der Waals surface area contributed by atoms with Crippen molar-refractivity contribution in [1.29, 1.82) is 0 Å². The maximum atomic E-state index is 6.30. The summed E-state index contributed by atoms with van der Waals surface area (Å²) in [6.07, 6.45) is 0. The first-order valence-electron chi connectivity index (χ1n) is 8.98. The monoisotopic (exact) mass is 461 g/mol. The van der Waals surface area contributed by atoms with Crippen molar-refractivity contribution >= 4 is 35.0 Å². The normalized spacial score (nSPS) is 12.2. The Balaban J connectivity index is 1.86. The topological polar surface area (TPSA) is 78.9 Å². The molecule has 0 aliphatic heterocycles. The van der Waals surface area contributed by atoms with Gasteiger partial charge in [0.05, 0.1) is 18.0 Å². The van der Waals surface area contributed by atoms with Gasteiger partial charge >= 0.3 is 0 Å². The lowest BCUT2D eigenvalue weighted by molar-refractivity contribution is 0.412. The molecule has 30 heavy (non-hydrogen) atoms. The second kappa shape index (κ2) is 8.67. The van der Waals surface area contributed by atoms with Crippen molar-refractivity contribution < 1.29 is 9.15 Å². The highest BCUT2D eigenvalue weighted by Gasteiger charge is 2.23. The number of aromatic nitrogens is 5. The number of halogens is 2. The molecule has 7 nitrogen and oxygen atoms in total. The van der Waals surface area contributed by atoms with Gasteiger partial charge in [-0.1, -0.05) is 47.1 Å². The predicted octanol–water partition coefficient (Wildman–Crippen LogP) is 5.79. The number of aryl methyl sites for hydroxylation is 1. The standard InChI is InChI=1S/C20H17Cl2N5O2S/c1-11(19-25-23-12(2)29-19)30-20-26-24-18(13-5-4-6-14(21)9-13)27(20)16-10-15(22)7-8-17(16)28-3/h4-11H,1-3H3. The molecule has 0 saturated heterocycles. The van der Waals surface area contributed by atoms with Crippen molar-refractivity contribution in [3.05, 3.63) is 64.3 Å². The van der Waals surface area contributed by atoms with Gasteiger partial charge in [0.2, 0.25) is 11.8 Å². The summed E-state index contributed by atoms with van der Waals surface area (Å²) in [5.74, 6) is 2.25. The minimum absolute atomic E-state index is 0.147. The fraction of sp³-hybridized carbons (Fsp3) is 0.200. The van der Waals surface area contributed by atoms with E-state index in [0.29, 0.717) is 44.2 Å². The molecule has 0 saturated carbocycles. The SMILES string of the molecule is COc1ccc(Cl)cc1-n1c(SC(C)c2nnc(C)o2)nnc1-c1cccc(Cl)c1. The zero-order valence-electron chi connectivity index (χ0n) is 16.3. The molecule has 0 N–H and O–H groups in total. The van der Waals surface area contributed by atoms with Crippen LogP contribution in [0.5, 0.6) is 5.75 Å². The second-order valence-corrected chi connectivity index (χ2v) is 8.57. The Labute approximate surface area is 187 Å². The summed E-state index contributed by atoms with van der Waals surface area (Å²) in [6.45, 7) is 3.72. The van der Waals surface area contributed by atoms with E-state index >= 15 is 0 Å². The Morgan fingerprint density at radius 1 is 1.03 bits per heavy atom. The summed E-state index contributed by atoms with van der Waals surface area (Å²) in [5, 5.41) is 18.5. The molecule has 0 fully saturated rings. The molecule has 0 radical (unpaired) electrons. The summed E-state index contributed by atoms with van der Waals surface area (Å²) < 4.78 is 13.0. The lowest BCUT2D eigenvalue weighted by atomic mass is 10.2. The number of benzene rings is 2. The molecule has 4 rings (SSSR count). The number of methoxy groups -OCH3 is 1. The van der Waals surface area contributed by atoms with Gasteiger partial charge in [0.1, 0.15) is 5.75 Å². The Bertz CT molecular complexity index is 1190. The van der Waals surface area contributed by atoms with Gasteiger partial charge in [0.25, 0.3) is 0 Å². The molecule has 0 spiro atoms. The van der Waals surface area contributed by atoms with Crippen molar-refractivity contribution in [3.8, 4) is 22.8 Å². The van der Waals surface area contributed by atoms with Gasteiger partial charge in [0.15, 0.2) is 11.0 Å². The molecule has 1 unspecified atom stereocenters. The molecule has 2 aromatic carbocycles. The van der Waals surface area contributed by atoms with E-state index in [4.69, 9.17) is 32.4 Å². The largest absolute Gasteiger partial charge is 0.495 e. The van der Waals surface area contributed by atoms with Crippen LogP contribution in [0.2, 0.25) is 10.0 Å². The summed E-state index contributed by atoms with van der Waals surface area (Å²) in [7, 11) is 1.60. The lowest BCUT2D eigenvalue weighted by Crippen LogP contribution is -2.03. The van der Waals surface area contributed by atoms with Gasteiger partial charge in [-0.3, -0.25) is 4.57 Å². The third-order valence-corrected chi connectivity index (χ3v) is 5.77. The van der Waals surface area contributed by atoms with E-state index in [0.717, 1.165) is 5.56 Å². The Hall–Kier alpha value is -2.55. The van der Waals surface area contributed by atoms with Crippen molar-refractivity contribution in [2.24, 2.45) is 0 Å². The van der Waals surface area contributed by atoms with E-state index in [9.17, 15) is 0 Å². The fourth-order valence-corrected chi connectivity index (χ4v) is 4.15. The van der Waals surface area contributed by atoms with Gasteiger partial charge in [-0.15, -0.1) is 20.4 Å². The third kappa shape index (κ3) is 4.16. The number of ether oxygens (including phenoxy) is 1. The molecule has 0 bridgehead atoms. The molecular formula is C20H17Cl2N5O2S. The van der Waals surface area contributed by atoms with Gasteiger partial charge in [-0.2, -0.15) is 0 Å². The zero-order valence-corrected chi connectivity index (χ0v) is 18.7. The van der Waals surface area contributed by atoms with Crippen LogP contribution in [0.4, 0.5) is 0 Å². The molecule has 2 aromatic heterocycles. The number of thioether (sulfide) groups is 1. The highest BCUT2D eigenvalue weighted by atomic mass is 35.5. The van der Waals surface area contributed by atoms with Crippen LogP contribution in [-0.2, 0) is 0 Å². The lowest BCUT2D eigenvalue weighted by Gasteiger charge is -2.15. The van der Waals surface area contributed by atoms with E-state index in [1.165, 1.54) is 11.8 Å². The molecular weight excluding hydrogens is 445 g/mol. The molecule has 0 amide bonds. The van der Waals surface area contributed by atoms with Gasteiger partial charge < -0.3 is 9.15 Å². The summed E-state index contributed by atoms with van der Waals surface area (Å²) >= 11 is 14.0. The highest BCUT2D eigenvalue weighted by molar-refractivity contribution is 7.99. The number of nitrogens with zero attached hydrogens (tertiary/aromatic N) is 5. The summed E-state index contributed by atoms with van der Waals surface area (Å²) in [4.78, 5) is 0. The first-order chi connectivity index (χ1) is 14.5. The van der Waals surface area contributed by atoms with Crippen molar-refractivity contribution in [2.75, 3.05) is 7.11 Å². The number of hydrogen-bond donors (Lipinski definition) is 0. The Morgan fingerprint density at radius 3 is 2.53 bits per heavy atom. The van der Waals surface area contributed by atoms with Crippen LogP contribution >= 0.6 is 35.0 Å². The van der Waals surface area contributed by atoms with Gasteiger partial charge in [0, 0.05) is 22.5 Å². The van der Waals surface area contributed by atoms with Crippen LogP contribution in [0, 0.1) is 6.92 Å². The first-order valence-corrected chi connectivity index (χ1v) is 10.6. The first kappa shape index (κ1) is 20.7. The fourth-order valence-electron chi connectivity index (χ4n) is 2.90. The van der Waals surface area contributed by atoms with Crippen LogP contribution in [0.3, 0.4) is 0 Å². The molecule has 10 heteroatoms. The predicted molar refractivity (Wildman–Crippen MR) is 117 cm³/mol. The van der Waals surface area contributed by atoms with Gasteiger partial charge in [-0.05, 0) is 37.3 Å². The van der Waals surface area contributed by atoms with Crippen LogP contribution in [0.15, 0.2) is 52.0 Å². The third-order valence-electron chi connectivity index (χ3n) is 4.27. The molecule has 154 valence electrons. The second-order valence-electron chi connectivity index (χ2n) is 6.39. The average Bonchev–Trinajstić information content (AvgIpc) is 3.34. The van der Waals surface area contributed by atoms with Crippen LogP contribution in [0.25, 0.3) is 17.1 Å². The van der Waals surface area contributed by atoms with Crippen LogP contribution in [0.1, 0.15) is 24.0 Å². The molecule has 0 aliphatic rings. The van der Waals surface area contributed by atoms with Crippen LogP contribution < -0.4 is 4.74 Å². The average molecular weight is 462 g/mol. The Morgan fingerprint density at radius 2 is 1.83 bits per heavy atom. The molecule has 4 aromatic rings. The van der Waals surface area contributed by atoms with E-state index in [2.05, 4.69) is 20.4 Å². The summed E-state index contributed by atoms with van der Waals surface area (Å²) in [6, 6.07) is 12.8. The maximum absolute atomic E-state index is 6.30. The smallest absolute Gasteiger partial charge is 0.229 e. The van der Waals surface area contributed by atoms with Crippen LogP contribution in [-0.4, -0.2) is 32.1 Å². The van der Waals surface area contributed by atoms with E-state index in [1.807, 2.05) is 35.8 Å². The quantitative estimate of drug-likeness (QED) is 0.336. The minimum Gasteiger partial charge on any atom is -0.495 e. The Kier molecular flexibility index (Phi) is 5.99. The molecule has 1 atom stereocenters.